The molecule has 0 saturated carbocycles. The van der Waals surface area contributed by atoms with Crippen LogP contribution in [0.25, 0.3) is 0 Å². The van der Waals surface area contributed by atoms with Crippen LogP contribution in [0.2, 0.25) is 0 Å². The Kier molecular flexibility index (Phi) is 18.4. The van der Waals surface area contributed by atoms with E-state index in [1.54, 1.807) is 0 Å². The highest BCUT2D eigenvalue weighted by atomic mass is 16.6. The molecule has 0 aliphatic rings. The van der Waals surface area contributed by atoms with E-state index in [1.165, 1.54) is 70.6 Å². The molecule has 0 aromatic rings. The second-order valence-electron chi connectivity index (χ2n) is 6.66. The van der Waals surface area contributed by atoms with E-state index in [-0.39, 0.29) is 25.8 Å². The van der Waals surface area contributed by atoms with Crippen molar-refractivity contribution in [3.63, 3.8) is 0 Å². The summed E-state index contributed by atoms with van der Waals surface area (Å²) >= 11 is 0. The van der Waals surface area contributed by atoms with Crippen molar-refractivity contribution in [3.8, 4) is 0 Å². The number of rotatable bonds is 19. The molecular weight excluding hydrogens is 320 g/mol. The smallest absolute Gasteiger partial charge is 0.329 e. The summed E-state index contributed by atoms with van der Waals surface area (Å²) in [6.45, 7) is 2.17. The van der Waals surface area contributed by atoms with Gasteiger partial charge >= 0.3 is 11.9 Å². The quantitative estimate of drug-likeness (QED) is 0.256. The number of unbranched alkanes of at least 4 members (excludes halogenated alkanes) is 12. The molecule has 5 heteroatoms. The number of aliphatic carboxylic acids is 1. The average Bonchev–Trinajstić information content (AvgIpc) is 2.58. The molecule has 0 heterocycles. The molecule has 0 unspecified atom stereocenters. The number of carboxylic acid groups (broad SMARTS) is 1. The fourth-order valence-electron chi connectivity index (χ4n) is 2.73. The van der Waals surface area contributed by atoms with E-state index in [0.717, 1.165) is 12.8 Å². The highest BCUT2D eigenvalue weighted by Crippen LogP contribution is 2.13. The molecule has 0 bridgehead atoms. The van der Waals surface area contributed by atoms with Crippen molar-refractivity contribution >= 4 is 11.9 Å². The minimum absolute atomic E-state index is 0.130. The predicted molar refractivity (Wildman–Crippen MR) is 99.7 cm³/mol. The summed E-state index contributed by atoms with van der Waals surface area (Å²) < 4.78 is 9.76. The van der Waals surface area contributed by atoms with Crippen LogP contribution in [0.15, 0.2) is 0 Å². The number of carbonyl (C=O) groups excluding carboxylic acids is 1. The van der Waals surface area contributed by atoms with Gasteiger partial charge in [-0.15, -0.1) is 0 Å². The van der Waals surface area contributed by atoms with Gasteiger partial charge in [-0.25, -0.2) is 4.79 Å². The Bertz CT molecular complexity index is 317. The normalized spacial score (nSPS) is 10.8. The number of esters is 1. The Morgan fingerprint density at radius 2 is 1.20 bits per heavy atom. The zero-order valence-corrected chi connectivity index (χ0v) is 16.1. The molecule has 0 aromatic heterocycles. The Balaban J connectivity index is 3.14. The lowest BCUT2D eigenvalue weighted by molar-refractivity contribution is -0.147. The first-order valence-electron chi connectivity index (χ1n) is 10.1. The summed E-state index contributed by atoms with van der Waals surface area (Å²) in [6, 6.07) is 0. The molecular formula is C20H38O5. The molecule has 0 rings (SSSR count). The van der Waals surface area contributed by atoms with Crippen LogP contribution >= 0.6 is 0 Å². The minimum atomic E-state index is -1.02. The molecule has 0 radical (unpaired) electrons. The first kappa shape index (κ1) is 23.9. The fraction of sp³-hybridized carbons (Fsp3) is 0.900. The van der Waals surface area contributed by atoms with Gasteiger partial charge in [-0.3, -0.25) is 4.79 Å². The lowest BCUT2D eigenvalue weighted by atomic mass is 10.0. The van der Waals surface area contributed by atoms with E-state index in [1.807, 2.05) is 0 Å². The van der Waals surface area contributed by atoms with Crippen LogP contribution in [0.4, 0.5) is 0 Å². The maximum absolute atomic E-state index is 11.4. The molecule has 0 spiro atoms. The van der Waals surface area contributed by atoms with Crippen molar-refractivity contribution in [2.24, 2.45) is 0 Å². The molecule has 1 N–H and O–H groups in total. The highest BCUT2D eigenvalue weighted by molar-refractivity contribution is 5.69. The molecule has 25 heavy (non-hydrogen) atoms. The van der Waals surface area contributed by atoms with Gasteiger partial charge in [-0.05, 0) is 6.42 Å². The van der Waals surface area contributed by atoms with Gasteiger partial charge in [0, 0.05) is 6.42 Å². The second kappa shape index (κ2) is 19.2. The van der Waals surface area contributed by atoms with Gasteiger partial charge in [-0.2, -0.15) is 0 Å². The summed E-state index contributed by atoms with van der Waals surface area (Å²) in [4.78, 5) is 21.7. The van der Waals surface area contributed by atoms with E-state index in [0.29, 0.717) is 6.42 Å². The van der Waals surface area contributed by atoms with Crippen molar-refractivity contribution in [2.45, 2.75) is 96.8 Å². The third-order valence-electron chi connectivity index (χ3n) is 4.20. The fourth-order valence-corrected chi connectivity index (χ4v) is 2.73. The molecule has 0 aliphatic heterocycles. The van der Waals surface area contributed by atoms with Crippen LogP contribution in [-0.2, 0) is 19.1 Å². The lowest BCUT2D eigenvalue weighted by Gasteiger charge is -2.05. The average molecular weight is 359 g/mol. The van der Waals surface area contributed by atoms with Gasteiger partial charge in [-0.1, -0.05) is 84.0 Å². The van der Waals surface area contributed by atoms with Gasteiger partial charge in [0.1, 0.15) is 13.2 Å². The van der Waals surface area contributed by atoms with Crippen molar-refractivity contribution in [1.82, 2.24) is 0 Å². The predicted octanol–water partition coefficient (Wildman–Crippen LogP) is 5.11. The summed E-state index contributed by atoms with van der Waals surface area (Å²) in [5, 5.41) is 8.38. The molecule has 5 nitrogen and oxygen atoms in total. The van der Waals surface area contributed by atoms with Gasteiger partial charge in [0.25, 0.3) is 0 Å². The maximum Gasteiger partial charge on any atom is 0.329 e. The van der Waals surface area contributed by atoms with Crippen molar-refractivity contribution in [1.29, 1.82) is 0 Å². The first-order chi connectivity index (χ1) is 12.2. The number of carboxylic acids is 1. The number of carbonyl (C=O) groups is 2. The Morgan fingerprint density at radius 3 is 1.68 bits per heavy atom. The number of ether oxygens (including phenoxy) is 2. The van der Waals surface area contributed by atoms with Crippen LogP contribution in [-0.4, -0.2) is 36.9 Å². The minimum Gasteiger partial charge on any atom is -0.480 e. The van der Waals surface area contributed by atoms with Crippen molar-refractivity contribution < 1.29 is 24.2 Å². The SMILES string of the molecule is CCCCCCCCCCCCCCCC(=O)OCCOCC(=O)O. The first-order valence-corrected chi connectivity index (χ1v) is 10.1. The van der Waals surface area contributed by atoms with Crippen LogP contribution in [0.5, 0.6) is 0 Å². The molecule has 0 aromatic carbocycles. The Labute approximate surface area is 153 Å². The molecule has 0 aliphatic carbocycles. The van der Waals surface area contributed by atoms with Gasteiger partial charge in [0.15, 0.2) is 0 Å². The zero-order valence-electron chi connectivity index (χ0n) is 16.1. The summed E-state index contributed by atoms with van der Waals surface area (Å²) in [6.07, 6.45) is 17.1. The summed E-state index contributed by atoms with van der Waals surface area (Å²) in [5.74, 6) is -1.24. The third-order valence-corrected chi connectivity index (χ3v) is 4.20. The maximum atomic E-state index is 11.4. The lowest BCUT2D eigenvalue weighted by Crippen LogP contribution is -2.14. The van der Waals surface area contributed by atoms with Crippen LogP contribution in [0.3, 0.4) is 0 Å². The summed E-state index contributed by atoms with van der Waals surface area (Å²) in [7, 11) is 0. The topological polar surface area (TPSA) is 72.8 Å². The Morgan fingerprint density at radius 1 is 0.720 bits per heavy atom. The monoisotopic (exact) mass is 358 g/mol. The van der Waals surface area contributed by atoms with E-state index in [2.05, 4.69) is 6.92 Å². The van der Waals surface area contributed by atoms with E-state index >= 15 is 0 Å². The van der Waals surface area contributed by atoms with Gasteiger partial charge in [0.05, 0.1) is 6.61 Å². The molecule has 0 saturated heterocycles. The number of hydrogen-bond acceptors (Lipinski definition) is 4. The molecule has 0 amide bonds. The van der Waals surface area contributed by atoms with Crippen LogP contribution in [0.1, 0.15) is 96.8 Å². The molecule has 148 valence electrons. The van der Waals surface area contributed by atoms with Gasteiger partial charge < -0.3 is 14.6 Å². The van der Waals surface area contributed by atoms with Crippen molar-refractivity contribution in [2.75, 3.05) is 19.8 Å². The van der Waals surface area contributed by atoms with E-state index in [9.17, 15) is 9.59 Å². The van der Waals surface area contributed by atoms with Crippen LogP contribution in [0, 0.1) is 0 Å². The zero-order chi connectivity index (χ0) is 18.6. The van der Waals surface area contributed by atoms with Crippen LogP contribution < -0.4 is 0 Å². The highest BCUT2D eigenvalue weighted by Gasteiger charge is 2.03. The van der Waals surface area contributed by atoms with Crippen molar-refractivity contribution in [3.05, 3.63) is 0 Å². The third kappa shape index (κ3) is 20.9. The van der Waals surface area contributed by atoms with E-state index in [4.69, 9.17) is 14.6 Å². The van der Waals surface area contributed by atoms with Gasteiger partial charge in [0.2, 0.25) is 0 Å². The number of hydrogen-bond donors (Lipinski definition) is 1. The summed E-state index contributed by atoms with van der Waals surface area (Å²) in [5.41, 5.74) is 0. The standard InChI is InChI=1S/C20H38O5/c1-2-3-4-5-6-7-8-9-10-11-12-13-14-15-20(23)25-17-16-24-18-19(21)22/h2-18H2,1H3,(H,21,22). The molecule has 0 fully saturated rings. The second-order valence-corrected chi connectivity index (χ2v) is 6.66. The Hall–Kier alpha value is -1.10. The molecule has 0 atom stereocenters. The van der Waals surface area contributed by atoms with E-state index < -0.39 is 5.97 Å². The largest absolute Gasteiger partial charge is 0.480 e.